The molecule has 0 bridgehead atoms. The Labute approximate surface area is 193 Å². The molecule has 10 heteroatoms. The molecule has 1 amide bonds. The van der Waals surface area contributed by atoms with E-state index >= 15 is 0 Å². The van der Waals surface area contributed by atoms with E-state index in [0.717, 1.165) is 30.1 Å². The number of alkyl halides is 3. The lowest BCUT2D eigenvalue weighted by Crippen LogP contribution is -2.20. The molecule has 0 fully saturated rings. The summed E-state index contributed by atoms with van der Waals surface area (Å²) in [7, 11) is 0. The number of halogens is 3. The van der Waals surface area contributed by atoms with Crippen molar-refractivity contribution < 1.29 is 27.4 Å². The zero-order valence-electron chi connectivity index (χ0n) is 17.9. The highest BCUT2D eigenvalue weighted by molar-refractivity contribution is 5.98. The quantitative estimate of drug-likeness (QED) is 0.499. The van der Waals surface area contributed by atoms with Gasteiger partial charge in [0.1, 0.15) is 28.8 Å². The summed E-state index contributed by atoms with van der Waals surface area (Å²) in [5.74, 6) is 1.22. The second kappa shape index (κ2) is 10.2. The summed E-state index contributed by atoms with van der Waals surface area (Å²) in [6, 6.07) is 16.0. The van der Waals surface area contributed by atoms with Crippen LogP contribution in [0.5, 0.6) is 17.2 Å². The van der Waals surface area contributed by atoms with Gasteiger partial charge in [0, 0.05) is 37.0 Å². The number of rotatable bonds is 8. The monoisotopic (exact) mass is 470 g/mol. The fourth-order valence-corrected chi connectivity index (χ4v) is 3.33. The van der Waals surface area contributed by atoms with Crippen molar-refractivity contribution in [2.24, 2.45) is 4.99 Å². The lowest BCUT2D eigenvalue weighted by Gasteiger charge is -2.11. The fraction of sp³-hybridized carbons (Fsp3) is 0.208. The standard InChI is InChI=1S/C24H21F3N4O3/c25-24(26,27)34-20-6-2-4-17(14-20)31-22(32)8-7-16-3-1-5-18(13-16)33-19-9-10-28-21(15-19)23-29-11-12-30-23/h1-6,9-10,13-15H,7-8,11-12H2,(H,29,30)(H,31,32). The first-order chi connectivity index (χ1) is 16.3. The van der Waals surface area contributed by atoms with Crippen LogP contribution in [0.3, 0.4) is 0 Å². The lowest BCUT2D eigenvalue weighted by molar-refractivity contribution is -0.274. The number of ether oxygens (including phenoxy) is 2. The number of carbonyl (C=O) groups is 1. The first-order valence-electron chi connectivity index (χ1n) is 10.5. The SMILES string of the molecule is O=C(CCc1cccc(Oc2ccnc(C3=NCCN3)c2)c1)Nc1cccc(OC(F)(F)F)c1. The molecule has 0 saturated heterocycles. The van der Waals surface area contributed by atoms with Crippen LogP contribution >= 0.6 is 0 Å². The number of hydrogen-bond donors (Lipinski definition) is 2. The van der Waals surface area contributed by atoms with Gasteiger partial charge < -0.3 is 20.1 Å². The van der Waals surface area contributed by atoms with Crippen LogP contribution in [0, 0.1) is 0 Å². The van der Waals surface area contributed by atoms with Crippen LogP contribution in [0.1, 0.15) is 17.7 Å². The Balaban J connectivity index is 1.33. The van der Waals surface area contributed by atoms with Crippen molar-refractivity contribution >= 4 is 17.4 Å². The topological polar surface area (TPSA) is 84.8 Å². The first kappa shape index (κ1) is 23.1. The summed E-state index contributed by atoms with van der Waals surface area (Å²) in [4.78, 5) is 20.9. The third-order valence-electron chi connectivity index (χ3n) is 4.77. The van der Waals surface area contributed by atoms with Crippen LogP contribution in [0.25, 0.3) is 0 Å². The van der Waals surface area contributed by atoms with Crippen molar-refractivity contribution in [3.05, 3.63) is 78.1 Å². The van der Waals surface area contributed by atoms with E-state index in [0.29, 0.717) is 30.2 Å². The second-order valence-electron chi connectivity index (χ2n) is 7.41. The fourth-order valence-electron chi connectivity index (χ4n) is 3.33. The normalized spacial score (nSPS) is 13.1. The largest absolute Gasteiger partial charge is 0.573 e. The van der Waals surface area contributed by atoms with E-state index in [1.807, 2.05) is 18.2 Å². The molecule has 1 aliphatic rings. The predicted molar refractivity (Wildman–Crippen MR) is 120 cm³/mol. The molecule has 7 nitrogen and oxygen atoms in total. The number of benzene rings is 2. The van der Waals surface area contributed by atoms with Crippen molar-refractivity contribution in [1.82, 2.24) is 10.3 Å². The number of nitrogens with one attached hydrogen (secondary N) is 2. The van der Waals surface area contributed by atoms with Gasteiger partial charge in [0.15, 0.2) is 0 Å². The molecule has 2 heterocycles. The summed E-state index contributed by atoms with van der Waals surface area (Å²) in [5, 5.41) is 5.75. The molecule has 1 aromatic heterocycles. The first-order valence-corrected chi connectivity index (χ1v) is 10.5. The van der Waals surface area contributed by atoms with Gasteiger partial charge in [0.05, 0.1) is 6.54 Å². The molecular weight excluding hydrogens is 449 g/mol. The van der Waals surface area contributed by atoms with Crippen molar-refractivity contribution in [2.75, 3.05) is 18.4 Å². The van der Waals surface area contributed by atoms with E-state index in [-0.39, 0.29) is 18.0 Å². The number of carbonyl (C=O) groups excluding carboxylic acids is 1. The summed E-state index contributed by atoms with van der Waals surface area (Å²) < 4.78 is 46.9. The van der Waals surface area contributed by atoms with Crippen LogP contribution in [-0.4, -0.2) is 36.2 Å². The van der Waals surface area contributed by atoms with Gasteiger partial charge >= 0.3 is 6.36 Å². The maximum atomic E-state index is 12.4. The van der Waals surface area contributed by atoms with Gasteiger partial charge in [-0.1, -0.05) is 18.2 Å². The van der Waals surface area contributed by atoms with Crippen molar-refractivity contribution in [1.29, 1.82) is 0 Å². The van der Waals surface area contributed by atoms with Gasteiger partial charge in [-0.25, -0.2) is 0 Å². The molecule has 176 valence electrons. The van der Waals surface area contributed by atoms with Crippen LogP contribution in [-0.2, 0) is 11.2 Å². The van der Waals surface area contributed by atoms with Crippen molar-refractivity contribution in [3.63, 3.8) is 0 Å². The van der Waals surface area contributed by atoms with Gasteiger partial charge in [-0.05, 0) is 42.3 Å². The average Bonchev–Trinajstić information content (AvgIpc) is 3.32. The molecule has 0 atom stereocenters. The number of aryl methyl sites for hydroxylation is 1. The van der Waals surface area contributed by atoms with E-state index in [4.69, 9.17) is 4.74 Å². The predicted octanol–water partition coefficient (Wildman–Crippen LogP) is 4.69. The zero-order valence-corrected chi connectivity index (χ0v) is 17.9. The number of amidine groups is 1. The molecule has 0 radical (unpaired) electrons. The Morgan fingerprint density at radius 2 is 1.82 bits per heavy atom. The number of aliphatic imine (C=N–C) groups is 1. The van der Waals surface area contributed by atoms with Gasteiger partial charge in [-0.3, -0.25) is 14.8 Å². The number of aromatic nitrogens is 1. The van der Waals surface area contributed by atoms with Crippen LogP contribution in [0.2, 0.25) is 0 Å². The van der Waals surface area contributed by atoms with Gasteiger partial charge in [0.2, 0.25) is 5.91 Å². The Kier molecular flexibility index (Phi) is 6.95. The van der Waals surface area contributed by atoms with Crippen molar-refractivity contribution in [3.8, 4) is 17.2 Å². The molecule has 2 aromatic carbocycles. The van der Waals surface area contributed by atoms with Crippen LogP contribution < -0.4 is 20.1 Å². The molecule has 4 rings (SSSR count). The summed E-state index contributed by atoms with van der Waals surface area (Å²) >= 11 is 0. The van der Waals surface area contributed by atoms with E-state index in [2.05, 4.69) is 25.3 Å². The number of pyridine rings is 1. The minimum atomic E-state index is -4.80. The third-order valence-corrected chi connectivity index (χ3v) is 4.77. The highest BCUT2D eigenvalue weighted by Gasteiger charge is 2.31. The number of anilines is 1. The molecule has 0 aliphatic carbocycles. The Morgan fingerprint density at radius 1 is 1.03 bits per heavy atom. The number of nitrogens with zero attached hydrogens (tertiary/aromatic N) is 2. The molecule has 1 aliphatic heterocycles. The average molecular weight is 470 g/mol. The lowest BCUT2D eigenvalue weighted by atomic mass is 10.1. The summed E-state index contributed by atoms with van der Waals surface area (Å²) in [6.45, 7) is 1.50. The maximum absolute atomic E-state index is 12.4. The van der Waals surface area contributed by atoms with E-state index < -0.39 is 12.1 Å². The second-order valence-corrected chi connectivity index (χ2v) is 7.41. The Hall–Kier alpha value is -4.08. The molecular formula is C24H21F3N4O3. The van der Waals surface area contributed by atoms with E-state index in [1.165, 1.54) is 12.1 Å². The molecule has 0 unspecified atom stereocenters. The highest BCUT2D eigenvalue weighted by atomic mass is 19.4. The summed E-state index contributed by atoms with van der Waals surface area (Å²) in [5.41, 5.74) is 1.80. The molecule has 0 saturated carbocycles. The van der Waals surface area contributed by atoms with E-state index in [1.54, 1.807) is 24.4 Å². The van der Waals surface area contributed by atoms with Crippen LogP contribution in [0.4, 0.5) is 18.9 Å². The highest BCUT2D eigenvalue weighted by Crippen LogP contribution is 2.26. The minimum Gasteiger partial charge on any atom is -0.457 e. The van der Waals surface area contributed by atoms with Crippen LogP contribution in [0.15, 0.2) is 71.9 Å². The van der Waals surface area contributed by atoms with Gasteiger partial charge in [-0.2, -0.15) is 0 Å². The smallest absolute Gasteiger partial charge is 0.457 e. The molecule has 2 N–H and O–H groups in total. The summed E-state index contributed by atoms with van der Waals surface area (Å²) in [6.07, 6.45) is -2.59. The van der Waals surface area contributed by atoms with Gasteiger partial charge in [0.25, 0.3) is 0 Å². The zero-order chi connectivity index (χ0) is 24.0. The Bertz CT molecular complexity index is 1200. The number of amides is 1. The maximum Gasteiger partial charge on any atom is 0.573 e. The van der Waals surface area contributed by atoms with Crippen molar-refractivity contribution in [2.45, 2.75) is 19.2 Å². The third kappa shape index (κ3) is 6.71. The Morgan fingerprint density at radius 3 is 2.62 bits per heavy atom. The molecule has 34 heavy (non-hydrogen) atoms. The number of hydrogen-bond acceptors (Lipinski definition) is 6. The molecule has 0 spiro atoms. The minimum absolute atomic E-state index is 0.138. The van der Waals surface area contributed by atoms with E-state index in [9.17, 15) is 18.0 Å². The van der Waals surface area contributed by atoms with Gasteiger partial charge in [-0.15, -0.1) is 13.2 Å². The molecule has 3 aromatic rings.